The minimum Gasteiger partial charge on any atom is -0.329 e. The van der Waals surface area contributed by atoms with E-state index in [4.69, 9.17) is 23.1 Å². The van der Waals surface area contributed by atoms with Gasteiger partial charge in [0.15, 0.2) is 0 Å². The summed E-state index contributed by atoms with van der Waals surface area (Å²) in [5, 5.41) is 0.544. The highest BCUT2D eigenvalue weighted by Crippen LogP contribution is 2.22. The van der Waals surface area contributed by atoms with Crippen molar-refractivity contribution in [3.8, 4) is 0 Å². The predicted molar refractivity (Wildman–Crippen MR) is 52.9 cm³/mol. The van der Waals surface area contributed by atoms with Gasteiger partial charge in [0.05, 0.1) is 16.8 Å². The zero-order chi connectivity index (χ0) is 9.14. The molecule has 0 fully saturated rings. The number of hydrogen-bond donors (Lipinski definition) is 2. The summed E-state index contributed by atoms with van der Waals surface area (Å²) in [4.78, 5) is 4.06. The van der Waals surface area contributed by atoms with E-state index in [1.54, 1.807) is 12.3 Å². The Hall–Kier alpha value is -0.160. The molecule has 0 aliphatic rings. The third kappa shape index (κ3) is 2.17. The van der Waals surface area contributed by atoms with Crippen molar-refractivity contribution in [3.05, 3.63) is 27.5 Å². The maximum atomic E-state index is 5.88. The molecule has 12 heavy (non-hydrogen) atoms. The molecule has 0 saturated carbocycles. The van der Waals surface area contributed by atoms with Crippen molar-refractivity contribution in [1.82, 2.24) is 4.98 Å². The molecule has 0 bridgehead atoms. The Morgan fingerprint density at radius 2 is 2.33 bits per heavy atom. The number of nitrogens with zero attached hydrogens (tertiary/aromatic N) is 1. The van der Waals surface area contributed by atoms with Crippen LogP contribution in [-0.4, -0.2) is 11.5 Å². The fourth-order valence-electron chi connectivity index (χ4n) is 0.810. The Balaban J connectivity index is 3.01. The van der Waals surface area contributed by atoms with Crippen molar-refractivity contribution < 1.29 is 0 Å². The minimum atomic E-state index is -0.286. The summed E-state index contributed by atoms with van der Waals surface area (Å²) in [5.74, 6) is 0. The van der Waals surface area contributed by atoms with Crippen LogP contribution in [0.4, 0.5) is 0 Å². The molecule has 1 atom stereocenters. The second-order valence-corrected chi connectivity index (χ2v) is 3.69. The summed E-state index contributed by atoms with van der Waals surface area (Å²) in [5.41, 5.74) is 11.7. The fourth-order valence-corrected chi connectivity index (χ4v) is 1.58. The van der Waals surface area contributed by atoms with Crippen molar-refractivity contribution in [1.29, 1.82) is 0 Å². The summed E-state index contributed by atoms with van der Waals surface area (Å²) < 4.78 is 0.834. The number of aromatic nitrogens is 1. The van der Waals surface area contributed by atoms with Crippen LogP contribution >= 0.6 is 27.5 Å². The Kier molecular flexibility index (Phi) is 3.46. The van der Waals surface area contributed by atoms with E-state index < -0.39 is 0 Å². The van der Waals surface area contributed by atoms with Crippen molar-refractivity contribution in [2.45, 2.75) is 6.04 Å². The van der Waals surface area contributed by atoms with Crippen LogP contribution < -0.4 is 11.5 Å². The summed E-state index contributed by atoms with van der Waals surface area (Å²) in [6.07, 6.45) is 1.65. The third-order valence-corrected chi connectivity index (χ3v) is 2.18. The van der Waals surface area contributed by atoms with Gasteiger partial charge in [0.1, 0.15) is 0 Å². The first-order valence-corrected chi connectivity index (χ1v) is 4.59. The molecule has 0 aromatic carbocycles. The topological polar surface area (TPSA) is 64.9 Å². The maximum absolute atomic E-state index is 5.88. The van der Waals surface area contributed by atoms with Gasteiger partial charge in [0, 0.05) is 17.2 Å². The fraction of sp³-hybridized carbons (Fsp3) is 0.286. The molecule has 4 N–H and O–H groups in total. The number of nitrogens with two attached hydrogens (primary N) is 2. The SMILES string of the molecule is NCC(N)c1ncc(Br)cc1Cl. The highest BCUT2D eigenvalue weighted by atomic mass is 79.9. The lowest BCUT2D eigenvalue weighted by Crippen LogP contribution is -2.22. The molecule has 1 unspecified atom stereocenters. The van der Waals surface area contributed by atoms with Crippen LogP contribution in [0.25, 0.3) is 0 Å². The molecule has 0 spiro atoms. The molecule has 1 aromatic heterocycles. The van der Waals surface area contributed by atoms with E-state index in [1.807, 2.05) is 0 Å². The van der Waals surface area contributed by atoms with E-state index >= 15 is 0 Å². The first kappa shape index (κ1) is 9.92. The van der Waals surface area contributed by atoms with Crippen LogP contribution in [0.15, 0.2) is 16.7 Å². The summed E-state index contributed by atoms with van der Waals surface area (Å²) >= 11 is 9.12. The highest BCUT2D eigenvalue weighted by molar-refractivity contribution is 9.10. The normalized spacial score (nSPS) is 13.0. The molecule has 1 rings (SSSR count). The lowest BCUT2D eigenvalue weighted by atomic mass is 10.2. The van der Waals surface area contributed by atoms with Gasteiger partial charge in [0.25, 0.3) is 0 Å². The monoisotopic (exact) mass is 249 g/mol. The number of hydrogen-bond acceptors (Lipinski definition) is 3. The average molecular weight is 251 g/mol. The van der Waals surface area contributed by atoms with Gasteiger partial charge in [-0.05, 0) is 22.0 Å². The highest BCUT2D eigenvalue weighted by Gasteiger charge is 2.09. The van der Waals surface area contributed by atoms with Gasteiger partial charge in [-0.2, -0.15) is 0 Å². The van der Waals surface area contributed by atoms with Crippen molar-refractivity contribution in [2.24, 2.45) is 11.5 Å². The average Bonchev–Trinajstić information content (AvgIpc) is 2.03. The molecule has 66 valence electrons. The maximum Gasteiger partial charge on any atom is 0.0770 e. The van der Waals surface area contributed by atoms with Crippen LogP contribution in [0.3, 0.4) is 0 Å². The lowest BCUT2D eigenvalue weighted by Gasteiger charge is -2.09. The number of pyridine rings is 1. The smallest absolute Gasteiger partial charge is 0.0770 e. The van der Waals surface area contributed by atoms with Crippen LogP contribution in [0.2, 0.25) is 5.02 Å². The standard InChI is InChI=1S/C7H9BrClN3/c8-4-1-5(9)7(12-3-4)6(11)2-10/h1,3,6H,2,10-11H2. The van der Waals surface area contributed by atoms with Gasteiger partial charge < -0.3 is 11.5 Å². The molecule has 0 aliphatic heterocycles. The molecular weight excluding hydrogens is 241 g/mol. The van der Waals surface area contributed by atoms with Crippen LogP contribution in [0.5, 0.6) is 0 Å². The Labute approximate surface area is 84.2 Å². The van der Waals surface area contributed by atoms with Gasteiger partial charge in [0.2, 0.25) is 0 Å². The van der Waals surface area contributed by atoms with Crippen molar-refractivity contribution in [3.63, 3.8) is 0 Å². The van der Waals surface area contributed by atoms with E-state index in [-0.39, 0.29) is 6.04 Å². The van der Waals surface area contributed by atoms with E-state index in [1.165, 1.54) is 0 Å². The zero-order valence-corrected chi connectivity index (χ0v) is 8.64. The van der Waals surface area contributed by atoms with E-state index in [0.717, 1.165) is 4.47 Å². The summed E-state index contributed by atoms with van der Waals surface area (Å²) in [6, 6.07) is 1.46. The molecule has 1 aromatic rings. The zero-order valence-electron chi connectivity index (χ0n) is 6.30. The lowest BCUT2D eigenvalue weighted by molar-refractivity contribution is 0.711. The van der Waals surface area contributed by atoms with Crippen LogP contribution in [-0.2, 0) is 0 Å². The van der Waals surface area contributed by atoms with Crippen molar-refractivity contribution in [2.75, 3.05) is 6.54 Å². The van der Waals surface area contributed by atoms with E-state index in [2.05, 4.69) is 20.9 Å². The molecular formula is C7H9BrClN3. The number of rotatable bonds is 2. The molecule has 0 saturated heterocycles. The second kappa shape index (κ2) is 4.18. The Bertz CT molecular complexity index is 279. The Morgan fingerprint density at radius 1 is 1.67 bits per heavy atom. The molecule has 0 aliphatic carbocycles. The predicted octanol–water partition coefficient (Wildman–Crippen LogP) is 1.46. The van der Waals surface area contributed by atoms with Crippen LogP contribution in [0, 0.1) is 0 Å². The first-order valence-electron chi connectivity index (χ1n) is 3.41. The molecule has 0 radical (unpaired) electrons. The minimum absolute atomic E-state index is 0.286. The largest absolute Gasteiger partial charge is 0.329 e. The summed E-state index contributed by atoms with van der Waals surface area (Å²) in [7, 11) is 0. The molecule has 0 amide bonds. The van der Waals surface area contributed by atoms with Gasteiger partial charge in [-0.3, -0.25) is 4.98 Å². The molecule has 3 nitrogen and oxygen atoms in total. The second-order valence-electron chi connectivity index (χ2n) is 2.36. The van der Waals surface area contributed by atoms with E-state index in [0.29, 0.717) is 17.3 Å². The van der Waals surface area contributed by atoms with Gasteiger partial charge in [-0.1, -0.05) is 11.6 Å². The quantitative estimate of drug-likeness (QED) is 0.835. The van der Waals surface area contributed by atoms with Gasteiger partial charge in [-0.15, -0.1) is 0 Å². The third-order valence-electron chi connectivity index (χ3n) is 1.44. The van der Waals surface area contributed by atoms with Gasteiger partial charge in [-0.25, -0.2) is 0 Å². The first-order chi connectivity index (χ1) is 5.65. The van der Waals surface area contributed by atoms with E-state index in [9.17, 15) is 0 Å². The number of halogens is 2. The van der Waals surface area contributed by atoms with Crippen molar-refractivity contribution >= 4 is 27.5 Å². The molecule has 1 heterocycles. The Morgan fingerprint density at radius 3 is 2.83 bits per heavy atom. The summed E-state index contributed by atoms with van der Waals surface area (Å²) in [6.45, 7) is 0.342. The van der Waals surface area contributed by atoms with Crippen LogP contribution in [0.1, 0.15) is 11.7 Å². The molecule has 5 heteroatoms. The van der Waals surface area contributed by atoms with Gasteiger partial charge >= 0.3 is 0 Å².